The fourth-order valence-corrected chi connectivity index (χ4v) is 3.93. The molecule has 0 spiro atoms. The first-order valence-electron chi connectivity index (χ1n) is 7.05. The molecule has 1 nitrogen and oxygen atoms in total. The summed E-state index contributed by atoms with van der Waals surface area (Å²) in [6, 6.07) is 9.52. The molecule has 2 rings (SSSR count). The van der Waals surface area contributed by atoms with Crippen molar-refractivity contribution in [3.63, 3.8) is 0 Å². The second-order valence-electron chi connectivity index (χ2n) is 5.99. The lowest BCUT2D eigenvalue weighted by Crippen LogP contribution is -2.38. The predicted molar refractivity (Wildman–Crippen MR) is 81.3 cm³/mol. The molecule has 1 aliphatic heterocycles. The largest absolute Gasteiger partial charge is 0.300 e. The molecule has 0 bridgehead atoms. The standard InChI is InChI=1S/C16H25NS/c1-12(2)10-17(13(3)4)11-15-9-14-7-5-6-8-16(14)18-15/h5-8,12-13,15H,9-11H2,1-4H3. The summed E-state index contributed by atoms with van der Waals surface area (Å²) in [7, 11) is 0. The summed E-state index contributed by atoms with van der Waals surface area (Å²) in [5, 5.41) is 0.739. The quantitative estimate of drug-likeness (QED) is 0.788. The van der Waals surface area contributed by atoms with Crippen LogP contribution >= 0.6 is 11.8 Å². The van der Waals surface area contributed by atoms with Crippen molar-refractivity contribution in [3.8, 4) is 0 Å². The average Bonchev–Trinajstić information content (AvgIpc) is 2.69. The zero-order valence-electron chi connectivity index (χ0n) is 12.0. The van der Waals surface area contributed by atoms with Gasteiger partial charge in [-0.1, -0.05) is 32.0 Å². The second kappa shape index (κ2) is 6.12. The van der Waals surface area contributed by atoms with E-state index in [4.69, 9.17) is 0 Å². The highest BCUT2D eigenvalue weighted by molar-refractivity contribution is 8.00. The average molecular weight is 263 g/mol. The topological polar surface area (TPSA) is 3.24 Å². The molecule has 1 aliphatic rings. The highest BCUT2D eigenvalue weighted by atomic mass is 32.2. The number of benzene rings is 1. The van der Waals surface area contributed by atoms with Crippen LogP contribution in [0.15, 0.2) is 29.2 Å². The summed E-state index contributed by atoms with van der Waals surface area (Å²) in [5.41, 5.74) is 1.54. The molecule has 1 unspecified atom stereocenters. The van der Waals surface area contributed by atoms with Gasteiger partial charge in [-0.3, -0.25) is 4.90 Å². The fourth-order valence-electron chi connectivity index (χ4n) is 2.58. The highest BCUT2D eigenvalue weighted by Gasteiger charge is 2.25. The molecule has 1 heterocycles. The molecule has 0 amide bonds. The van der Waals surface area contributed by atoms with Gasteiger partial charge >= 0.3 is 0 Å². The van der Waals surface area contributed by atoms with Crippen LogP contribution in [-0.4, -0.2) is 29.3 Å². The predicted octanol–water partition coefficient (Wildman–Crippen LogP) is 4.07. The maximum atomic E-state index is 2.63. The van der Waals surface area contributed by atoms with Gasteiger partial charge in [0.25, 0.3) is 0 Å². The Kier molecular flexibility index (Phi) is 4.74. The van der Waals surface area contributed by atoms with Crippen molar-refractivity contribution in [2.75, 3.05) is 13.1 Å². The Balaban J connectivity index is 1.94. The van der Waals surface area contributed by atoms with Gasteiger partial charge in [-0.25, -0.2) is 0 Å². The van der Waals surface area contributed by atoms with Gasteiger partial charge in [0.15, 0.2) is 0 Å². The first-order chi connectivity index (χ1) is 8.56. The molecule has 2 heteroatoms. The Morgan fingerprint density at radius 2 is 1.94 bits per heavy atom. The van der Waals surface area contributed by atoms with E-state index in [1.165, 1.54) is 24.4 Å². The van der Waals surface area contributed by atoms with Crippen LogP contribution in [0.5, 0.6) is 0 Å². The number of rotatable bonds is 5. The van der Waals surface area contributed by atoms with E-state index in [0.717, 1.165) is 11.2 Å². The first kappa shape index (κ1) is 14.0. The van der Waals surface area contributed by atoms with Crippen LogP contribution in [0.1, 0.15) is 33.3 Å². The van der Waals surface area contributed by atoms with Crippen LogP contribution in [-0.2, 0) is 6.42 Å². The lowest BCUT2D eigenvalue weighted by Gasteiger charge is -2.30. The number of thioether (sulfide) groups is 1. The third-order valence-corrected chi connectivity index (χ3v) is 4.78. The Morgan fingerprint density at radius 1 is 1.22 bits per heavy atom. The molecule has 0 radical (unpaired) electrons. The van der Waals surface area contributed by atoms with E-state index in [-0.39, 0.29) is 0 Å². The van der Waals surface area contributed by atoms with Gasteiger partial charge in [0.2, 0.25) is 0 Å². The van der Waals surface area contributed by atoms with Crippen LogP contribution < -0.4 is 0 Å². The van der Waals surface area contributed by atoms with Crippen LogP contribution in [0.4, 0.5) is 0 Å². The lowest BCUT2D eigenvalue weighted by atomic mass is 10.1. The molecular weight excluding hydrogens is 238 g/mol. The number of fused-ring (bicyclic) bond motifs is 1. The Labute approximate surface area is 116 Å². The summed E-state index contributed by atoms with van der Waals surface area (Å²) in [4.78, 5) is 4.13. The second-order valence-corrected chi connectivity index (χ2v) is 7.34. The maximum Gasteiger partial charge on any atom is 0.0263 e. The molecule has 100 valence electrons. The van der Waals surface area contributed by atoms with E-state index in [0.29, 0.717) is 6.04 Å². The van der Waals surface area contributed by atoms with Gasteiger partial charge in [-0.05, 0) is 37.8 Å². The van der Waals surface area contributed by atoms with E-state index in [2.05, 4.69) is 68.6 Å². The minimum absolute atomic E-state index is 0.650. The van der Waals surface area contributed by atoms with Crippen molar-refractivity contribution in [3.05, 3.63) is 29.8 Å². The fraction of sp³-hybridized carbons (Fsp3) is 0.625. The van der Waals surface area contributed by atoms with Crippen molar-refractivity contribution < 1.29 is 0 Å². The van der Waals surface area contributed by atoms with Gasteiger partial charge in [0.05, 0.1) is 0 Å². The van der Waals surface area contributed by atoms with E-state index in [1.807, 2.05) is 0 Å². The molecule has 0 saturated carbocycles. The van der Waals surface area contributed by atoms with Crippen LogP contribution in [0.25, 0.3) is 0 Å². The van der Waals surface area contributed by atoms with Crippen molar-refractivity contribution in [2.24, 2.45) is 5.92 Å². The molecule has 1 aromatic rings. The molecule has 0 aromatic heterocycles. The molecule has 18 heavy (non-hydrogen) atoms. The first-order valence-corrected chi connectivity index (χ1v) is 7.93. The molecule has 1 aromatic carbocycles. The van der Waals surface area contributed by atoms with Crippen LogP contribution in [0, 0.1) is 5.92 Å². The van der Waals surface area contributed by atoms with Gasteiger partial charge in [0.1, 0.15) is 0 Å². The van der Waals surface area contributed by atoms with Gasteiger partial charge in [0, 0.05) is 29.3 Å². The summed E-state index contributed by atoms with van der Waals surface area (Å²) in [6.07, 6.45) is 1.24. The van der Waals surface area contributed by atoms with Gasteiger partial charge in [-0.15, -0.1) is 11.8 Å². The molecule has 0 aliphatic carbocycles. The minimum Gasteiger partial charge on any atom is -0.300 e. The van der Waals surface area contributed by atoms with Crippen molar-refractivity contribution in [1.29, 1.82) is 0 Å². The smallest absolute Gasteiger partial charge is 0.0263 e. The summed E-state index contributed by atoms with van der Waals surface area (Å²) >= 11 is 2.07. The maximum absolute atomic E-state index is 2.63. The van der Waals surface area contributed by atoms with E-state index < -0.39 is 0 Å². The number of nitrogens with zero attached hydrogens (tertiary/aromatic N) is 1. The zero-order chi connectivity index (χ0) is 13.1. The third kappa shape index (κ3) is 3.52. The highest BCUT2D eigenvalue weighted by Crippen LogP contribution is 2.37. The summed E-state index contributed by atoms with van der Waals surface area (Å²) in [5.74, 6) is 0.751. The van der Waals surface area contributed by atoms with Crippen molar-refractivity contribution in [2.45, 2.75) is 50.3 Å². The van der Waals surface area contributed by atoms with Crippen molar-refractivity contribution >= 4 is 11.8 Å². The minimum atomic E-state index is 0.650. The summed E-state index contributed by atoms with van der Waals surface area (Å²) in [6.45, 7) is 11.7. The van der Waals surface area contributed by atoms with E-state index >= 15 is 0 Å². The van der Waals surface area contributed by atoms with E-state index in [9.17, 15) is 0 Å². The Bertz CT molecular complexity index is 361. The Hall–Kier alpha value is -0.470. The van der Waals surface area contributed by atoms with Gasteiger partial charge < -0.3 is 0 Å². The summed E-state index contributed by atoms with van der Waals surface area (Å²) < 4.78 is 0. The lowest BCUT2D eigenvalue weighted by molar-refractivity contribution is 0.198. The van der Waals surface area contributed by atoms with E-state index in [1.54, 1.807) is 5.56 Å². The molecule has 0 fully saturated rings. The van der Waals surface area contributed by atoms with Crippen molar-refractivity contribution in [1.82, 2.24) is 4.90 Å². The molecule has 1 atom stereocenters. The zero-order valence-corrected chi connectivity index (χ0v) is 12.8. The third-order valence-electron chi connectivity index (χ3n) is 3.48. The Morgan fingerprint density at radius 3 is 2.56 bits per heavy atom. The normalized spacial score (nSPS) is 18.9. The van der Waals surface area contributed by atoms with Crippen LogP contribution in [0.2, 0.25) is 0 Å². The SMILES string of the molecule is CC(C)CN(CC1Cc2ccccc2S1)C(C)C. The van der Waals surface area contributed by atoms with Crippen LogP contribution in [0.3, 0.4) is 0 Å². The molecular formula is C16H25NS. The monoisotopic (exact) mass is 263 g/mol. The number of hydrogen-bond donors (Lipinski definition) is 0. The molecule has 0 saturated heterocycles. The number of hydrogen-bond acceptors (Lipinski definition) is 2. The van der Waals surface area contributed by atoms with Gasteiger partial charge in [-0.2, -0.15) is 0 Å². The molecule has 0 N–H and O–H groups in total.